The molecular formula is C19H14BrClO3S. The Morgan fingerprint density at radius 2 is 2.00 bits per heavy atom. The molecule has 3 aromatic rings. The van der Waals surface area contributed by atoms with Gasteiger partial charge in [-0.3, -0.25) is 0 Å². The van der Waals surface area contributed by atoms with Gasteiger partial charge in [0.05, 0.1) is 17.2 Å². The normalized spacial score (nSPS) is 11.9. The molecule has 2 heterocycles. The Bertz CT molecular complexity index is 907. The summed E-state index contributed by atoms with van der Waals surface area (Å²) in [5.41, 5.74) is 2.77. The summed E-state index contributed by atoms with van der Waals surface area (Å²) >= 11 is 10.8. The maximum atomic E-state index is 10.3. The summed E-state index contributed by atoms with van der Waals surface area (Å²) in [5.74, 6) is -0.00354. The number of benzene rings is 2. The predicted octanol–water partition coefficient (Wildman–Crippen LogP) is 6.15. The average molecular weight is 438 g/mol. The molecular weight excluding hydrogens is 424 g/mol. The van der Waals surface area contributed by atoms with Crippen molar-refractivity contribution in [2.75, 3.05) is 6.61 Å². The van der Waals surface area contributed by atoms with Gasteiger partial charge in [0.2, 0.25) is 0 Å². The van der Waals surface area contributed by atoms with Crippen LogP contribution in [0, 0.1) is 0 Å². The summed E-state index contributed by atoms with van der Waals surface area (Å²) in [4.78, 5) is 11.7. The number of carboxylic acid groups (broad SMARTS) is 1. The molecule has 1 aromatic heterocycles. The largest absolute Gasteiger partial charge is 0.493 e. The molecule has 0 bridgehead atoms. The molecule has 25 heavy (non-hydrogen) atoms. The number of rotatable bonds is 1. The fourth-order valence-electron chi connectivity index (χ4n) is 2.48. The number of carboxylic acids is 1. The lowest BCUT2D eigenvalue weighted by atomic mass is 10.1. The van der Waals surface area contributed by atoms with Crippen LogP contribution in [0.25, 0.3) is 10.4 Å². The van der Waals surface area contributed by atoms with Crippen molar-refractivity contribution in [2.24, 2.45) is 0 Å². The van der Waals surface area contributed by atoms with Gasteiger partial charge in [0.1, 0.15) is 5.75 Å². The molecule has 0 radical (unpaired) electrons. The second-order valence-corrected chi connectivity index (χ2v) is 7.54. The van der Waals surface area contributed by atoms with Gasteiger partial charge < -0.3 is 9.84 Å². The molecule has 0 fully saturated rings. The van der Waals surface area contributed by atoms with Gasteiger partial charge in [0, 0.05) is 21.3 Å². The van der Waals surface area contributed by atoms with Gasteiger partial charge in [0.25, 0.3) is 0 Å². The van der Waals surface area contributed by atoms with Crippen molar-refractivity contribution in [3.8, 4) is 16.2 Å². The molecule has 0 amide bonds. The van der Waals surface area contributed by atoms with E-state index < -0.39 is 5.97 Å². The summed E-state index contributed by atoms with van der Waals surface area (Å²) in [7, 11) is 0. The topological polar surface area (TPSA) is 46.5 Å². The highest BCUT2D eigenvalue weighted by Crippen LogP contribution is 2.39. The lowest BCUT2D eigenvalue weighted by molar-refractivity contribution is 0.0697. The second kappa shape index (κ2) is 8.04. The van der Waals surface area contributed by atoms with Crippen LogP contribution >= 0.6 is 38.9 Å². The van der Waals surface area contributed by atoms with Gasteiger partial charge in [0.15, 0.2) is 0 Å². The van der Waals surface area contributed by atoms with E-state index in [1.54, 1.807) is 29.5 Å². The van der Waals surface area contributed by atoms with Crippen molar-refractivity contribution in [1.29, 1.82) is 0 Å². The van der Waals surface area contributed by atoms with E-state index in [0.717, 1.165) is 23.2 Å². The third kappa shape index (κ3) is 4.24. The Balaban J connectivity index is 0.000000160. The van der Waals surface area contributed by atoms with Crippen LogP contribution in [-0.2, 0) is 6.42 Å². The third-order valence-corrected chi connectivity index (χ3v) is 5.48. The van der Waals surface area contributed by atoms with Gasteiger partial charge >= 0.3 is 5.97 Å². The first-order chi connectivity index (χ1) is 12.1. The van der Waals surface area contributed by atoms with Crippen molar-refractivity contribution in [3.63, 3.8) is 0 Å². The van der Waals surface area contributed by atoms with Crippen molar-refractivity contribution in [2.45, 2.75) is 6.42 Å². The SMILES string of the molecule is Brc1ccc2c(c1)OCCc1ccsc1-2.O=C(O)c1ccccc1Cl. The van der Waals surface area contributed by atoms with Gasteiger partial charge in [-0.25, -0.2) is 4.79 Å². The molecule has 1 aliphatic heterocycles. The van der Waals surface area contributed by atoms with Crippen molar-refractivity contribution in [1.82, 2.24) is 0 Å². The number of aromatic carboxylic acids is 1. The predicted molar refractivity (Wildman–Crippen MR) is 105 cm³/mol. The molecule has 0 aliphatic carbocycles. The molecule has 0 saturated carbocycles. The van der Waals surface area contributed by atoms with Gasteiger partial charge in [-0.1, -0.05) is 39.7 Å². The van der Waals surface area contributed by atoms with Crippen LogP contribution in [0.2, 0.25) is 5.02 Å². The Hall–Kier alpha value is -1.82. The number of hydrogen-bond acceptors (Lipinski definition) is 3. The first-order valence-corrected chi connectivity index (χ1v) is 9.58. The molecule has 128 valence electrons. The van der Waals surface area contributed by atoms with E-state index >= 15 is 0 Å². The quantitative estimate of drug-likeness (QED) is 0.496. The summed E-state index contributed by atoms with van der Waals surface area (Å²) in [6, 6.07) is 14.8. The Kier molecular flexibility index (Phi) is 5.78. The first kappa shape index (κ1) is 18.0. The van der Waals surface area contributed by atoms with Crippen LogP contribution in [0.1, 0.15) is 15.9 Å². The van der Waals surface area contributed by atoms with Crippen LogP contribution < -0.4 is 4.74 Å². The van der Waals surface area contributed by atoms with E-state index in [4.69, 9.17) is 21.4 Å². The van der Waals surface area contributed by atoms with Crippen molar-refractivity contribution >= 4 is 44.8 Å². The van der Waals surface area contributed by atoms with Crippen LogP contribution in [0.4, 0.5) is 0 Å². The van der Waals surface area contributed by atoms with E-state index in [0.29, 0.717) is 0 Å². The van der Waals surface area contributed by atoms with Crippen LogP contribution in [0.5, 0.6) is 5.75 Å². The maximum Gasteiger partial charge on any atom is 0.337 e. The first-order valence-electron chi connectivity index (χ1n) is 7.53. The number of halogens is 2. The lowest BCUT2D eigenvalue weighted by Gasteiger charge is -2.06. The Labute approximate surface area is 163 Å². The highest BCUT2D eigenvalue weighted by Gasteiger charge is 2.16. The third-order valence-electron chi connectivity index (χ3n) is 3.67. The minimum atomic E-state index is -0.995. The monoisotopic (exact) mass is 436 g/mol. The maximum absolute atomic E-state index is 10.3. The van der Waals surface area contributed by atoms with E-state index in [1.807, 2.05) is 6.07 Å². The van der Waals surface area contributed by atoms with Gasteiger partial charge in [-0.2, -0.15) is 0 Å². The zero-order valence-corrected chi connectivity index (χ0v) is 16.2. The molecule has 0 unspecified atom stereocenters. The zero-order valence-electron chi connectivity index (χ0n) is 13.0. The van der Waals surface area contributed by atoms with E-state index in [1.165, 1.54) is 22.1 Å². The summed E-state index contributed by atoms with van der Waals surface area (Å²) in [6.45, 7) is 0.771. The highest BCUT2D eigenvalue weighted by atomic mass is 79.9. The Morgan fingerprint density at radius 1 is 1.20 bits per heavy atom. The fraction of sp³-hybridized carbons (Fsp3) is 0.105. The number of thiophene rings is 1. The second-order valence-electron chi connectivity index (χ2n) is 5.30. The van der Waals surface area contributed by atoms with E-state index in [2.05, 4.69) is 39.5 Å². The zero-order chi connectivity index (χ0) is 17.8. The van der Waals surface area contributed by atoms with Crippen molar-refractivity contribution < 1.29 is 14.6 Å². The van der Waals surface area contributed by atoms with E-state index in [-0.39, 0.29) is 10.6 Å². The number of hydrogen-bond donors (Lipinski definition) is 1. The summed E-state index contributed by atoms with van der Waals surface area (Å²) < 4.78 is 6.82. The van der Waals surface area contributed by atoms with E-state index in [9.17, 15) is 4.79 Å². The van der Waals surface area contributed by atoms with Crippen molar-refractivity contribution in [3.05, 3.63) is 74.5 Å². The Morgan fingerprint density at radius 3 is 2.72 bits per heavy atom. The molecule has 1 N–H and O–H groups in total. The molecule has 0 atom stereocenters. The molecule has 2 aromatic carbocycles. The highest BCUT2D eigenvalue weighted by molar-refractivity contribution is 9.10. The number of ether oxygens (including phenoxy) is 1. The molecule has 4 rings (SSSR count). The van der Waals surface area contributed by atoms with Gasteiger partial charge in [-0.05, 0) is 47.3 Å². The lowest BCUT2D eigenvalue weighted by Crippen LogP contribution is -1.97. The minimum Gasteiger partial charge on any atom is -0.493 e. The summed E-state index contributed by atoms with van der Waals surface area (Å²) in [6.07, 6.45) is 1.01. The van der Waals surface area contributed by atoms with Crippen LogP contribution in [0.15, 0.2) is 58.4 Å². The minimum absolute atomic E-state index is 0.143. The molecule has 0 spiro atoms. The standard InChI is InChI=1S/C12H9BrOS.C7H5ClO2/c13-9-1-2-10-11(7-9)14-5-3-8-4-6-15-12(8)10;8-6-4-2-1-3-5(6)7(9)10/h1-2,4,6-7H,3,5H2;1-4H,(H,9,10). The fourth-order valence-corrected chi connectivity index (χ4v) is 4.02. The number of fused-ring (bicyclic) bond motifs is 3. The summed E-state index contributed by atoms with van der Waals surface area (Å²) in [5, 5.41) is 10.9. The smallest absolute Gasteiger partial charge is 0.337 e. The molecule has 6 heteroatoms. The molecule has 1 aliphatic rings. The van der Waals surface area contributed by atoms with Gasteiger partial charge in [-0.15, -0.1) is 11.3 Å². The van der Waals surface area contributed by atoms with Crippen LogP contribution in [0.3, 0.4) is 0 Å². The molecule has 0 saturated heterocycles. The van der Waals surface area contributed by atoms with Crippen LogP contribution in [-0.4, -0.2) is 17.7 Å². The number of carbonyl (C=O) groups is 1. The average Bonchev–Trinajstić information content (AvgIpc) is 2.97. The molecule has 3 nitrogen and oxygen atoms in total.